The summed E-state index contributed by atoms with van der Waals surface area (Å²) in [4.78, 5) is 49.5. The molecule has 0 bridgehead atoms. The highest BCUT2D eigenvalue weighted by Crippen LogP contribution is 2.24. The van der Waals surface area contributed by atoms with Gasteiger partial charge in [-0.15, -0.1) is 0 Å². The number of hydrogen-bond donors (Lipinski definition) is 3. The summed E-state index contributed by atoms with van der Waals surface area (Å²) in [6.07, 6.45) is -1.03. The van der Waals surface area contributed by atoms with E-state index in [1.165, 1.54) is 30.5 Å². The molecule has 0 heterocycles. The van der Waals surface area contributed by atoms with Gasteiger partial charge in [-0.1, -0.05) is 25.1 Å². The van der Waals surface area contributed by atoms with Crippen molar-refractivity contribution in [2.75, 3.05) is 0 Å². The fourth-order valence-electron chi connectivity index (χ4n) is 3.31. The minimum absolute atomic E-state index is 0.141. The van der Waals surface area contributed by atoms with Crippen molar-refractivity contribution in [2.45, 2.75) is 78.2 Å². The molecule has 0 fully saturated rings. The van der Waals surface area contributed by atoms with E-state index in [2.05, 4.69) is 15.8 Å². The SMILES string of the molecule is CCC(NC(=O)c1ccc(C=NNC(=O)OC(C)(C)C)cc1)C(=O)C(Oc1cccc(OC(C)(C)C)c1)C(=O)O. The first-order valence-electron chi connectivity index (χ1n) is 12.7. The van der Waals surface area contributed by atoms with Crippen LogP contribution < -0.4 is 20.2 Å². The number of nitrogens with one attached hydrogen (secondary N) is 2. The van der Waals surface area contributed by atoms with Crippen LogP contribution in [0.3, 0.4) is 0 Å². The summed E-state index contributed by atoms with van der Waals surface area (Å²) in [6.45, 7) is 12.4. The zero-order chi connectivity index (χ0) is 30.1. The largest absolute Gasteiger partial charge is 0.488 e. The molecule has 0 aliphatic heterocycles. The van der Waals surface area contributed by atoms with Crippen LogP contribution in [0.25, 0.3) is 0 Å². The molecule has 2 atom stereocenters. The number of rotatable bonds is 11. The Morgan fingerprint density at radius 3 is 2.12 bits per heavy atom. The van der Waals surface area contributed by atoms with Gasteiger partial charge in [-0.25, -0.2) is 15.0 Å². The molecule has 2 unspecified atom stereocenters. The summed E-state index contributed by atoms with van der Waals surface area (Å²) in [7, 11) is 0. The smallest absolute Gasteiger partial charge is 0.428 e. The summed E-state index contributed by atoms with van der Waals surface area (Å²) in [6, 6.07) is 11.4. The molecule has 0 aliphatic carbocycles. The molecule has 11 heteroatoms. The van der Waals surface area contributed by atoms with Gasteiger partial charge in [0, 0.05) is 11.6 Å². The molecule has 2 amide bonds. The zero-order valence-corrected chi connectivity index (χ0v) is 23.8. The lowest BCUT2D eigenvalue weighted by atomic mass is 10.0. The van der Waals surface area contributed by atoms with E-state index in [-0.39, 0.29) is 17.7 Å². The number of carboxylic acid groups (broad SMARTS) is 1. The van der Waals surface area contributed by atoms with E-state index in [1.54, 1.807) is 52.0 Å². The summed E-state index contributed by atoms with van der Waals surface area (Å²) in [5.41, 5.74) is 1.93. The maximum atomic E-state index is 13.1. The molecule has 0 radical (unpaired) electrons. The third-order valence-corrected chi connectivity index (χ3v) is 4.96. The van der Waals surface area contributed by atoms with Gasteiger partial charge in [0.25, 0.3) is 12.0 Å². The number of carboxylic acids is 1. The molecule has 0 aromatic heterocycles. The average Bonchev–Trinajstić information content (AvgIpc) is 2.83. The van der Waals surface area contributed by atoms with Gasteiger partial charge in [-0.3, -0.25) is 9.59 Å². The topological polar surface area (TPSA) is 153 Å². The number of ether oxygens (including phenoxy) is 3. The first-order valence-corrected chi connectivity index (χ1v) is 12.7. The third kappa shape index (κ3) is 10.8. The number of hydrazone groups is 1. The van der Waals surface area contributed by atoms with Crippen LogP contribution in [0.5, 0.6) is 11.5 Å². The van der Waals surface area contributed by atoms with Crippen LogP contribution in [0.1, 0.15) is 70.8 Å². The molecule has 2 aromatic carbocycles. The molecule has 2 rings (SSSR count). The average molecular weight is 556 g/mol. The number of ketones is 1. The van der Waals surface area contributed by atoms with E-state index in [9.17, 15) is 24.3 Å². The van der Waals surface area contributed by atoms with Gasteiger partial charge in [0.05, 0.1) is 12.3 Å². The quantitative estimate of drug-likeness (QED) is 0.210. The number of amides is 2. The van der Waals surface area contributed by atoms with Crippen molar-refractivity contribution < 1.29 is 38.5 Å². The maximum Gasteiger partial charge on any atom is 0.428 e. The highest BCUT2D eigenvalue weighted by molar-refractivity contribution is 6.06. The fourth-order valence-corrected chi connectivity index (χ4v) is 3.31. The van der Waals surface area contributed by atoms with Crippen molar-refractivity contribution in [3.05, 3.63) is 59.7 Å². The first kappa shape index (κ1) is 31.8. The molecule has 0 spiro atoms. The van der Waals surface area contributed by atoms with Gasteiger partial charge in [-0.2, -0.15) is 5.10 Å². The summed E-state index contributed by atoms with van der Waals surface area (Å²) in [5, 5.41) is 16.1. The Balaban J connectivity index is 2.05. The van der Waals surface area contributed by atoms with Crippen LogP contribution in [-0.2, 0) is 14.3 Å². The molecule has 0 aliphatic rings. The lowest BCUT2D eigenvalue weighted by Crippen LogP contribution is -2.49. The van der Waals surface area contributed by atoms with Crippen molar-refractivity contribution in [3.63, 3.8) is 0 Å². The Bertz CT molecular complexity index is 1230. The van der Waals surface area contributed by atoms with Crippen LogP contribution in [0.15, 0.2) is 53.6 Å². The van der Waals surface area contributed by atoms with E-state index in [1.807, 2.05) is 20.8 Å². The Hall–Kier alpha value is -4.41. The van der Waals surface area contributed by atoms with Gasteiger partial charge < -0.3 is 24.6 Å². The third-order valence-electron chi connectivity index (χ3n) is 4.96. The molecular weight excluding hydrogens is 518 g/mol. The lowest BCUT2D eigenvalue weighted by molar-refractivity contribution is -0.151. The number of Topliss-reactive ketones (excluding diaryl/α,β-unsaturated/α-hetero) is 1. The molecular formula is C29H37N3O8. The number of hydrogen-bond acceptors (Lipinski definition) is 8. The summed E-state index contributed by atoms with van der Waals surface area (Å²) < 4.78 is 16.4. The minimum atomic E-state index is -1.84. The van der Waals surface area contributed by atoms with Crippen LogP contribution in [0.4, 0.5) is 4.79 Å². The predicted octanol–water partition coefficient (Wildman–Crippen LogP) is 4.33. The normalized spacial score (nSPS) is 13.2. The standard InChI is InChI=1S/C29H37N3O8/c1-8-22(23(33)24(26(35)36)38-20-10-9-11-21(16-20)39-28(2,3)4)31-25(34)19-14-12-18(13-15-19)17-30-32-27(37)40-29(5,6)7/h9-17,22,24H,8H2,1-7H3,(H,31,34)(H,32,37)(H,35,36). The van der Waals surface area contributed by atoms with Gasteiger partial charge in [0.2, 0.25) is 5.78 Å². The minimum Gasteiger partial charge on any atom is -0.488 e. The first-order chi connectivity index (χ1) is 18.6. The monoisotopic (exact) mass is 555 g/mol. The van der Waals surface area contributed by atoms with Crippen LogP contribution in [0, 0.1) is 0 Å². The Morgan fingerprint density at radius 2 is 1.57 bits per heavy atom. The highest BCUT2D eigenvalue weighted by atomic mass is 16.6. The van der Waals surface area contributed by atoms with Gasteiger partial charge in [0.15, 0.2) is 0 Å². The molecule has 3 N–H and O–H groups in total. The van der Waals surface area contributed by atoms with Gasteiger partial charge in [0.1, 0.15) is 22.7 Å². The van der Waals surface area contributed by atoms with E-state index < -0.39 is 47.1 Å². The highest BCUT2D eigenvalue weighted by Gasteiger charge is 2.34. The molecule has 0 saturated carbocycles. The van der Waals surface area contributed by atoms with Crippen molar-refractivity contribution in [1.82, 2.24) is 10.7 Å². The number of benzene rings is 2. The van der Waals surface area contributed by atoms with Crippen LogP contribution in [-0.4, -0.2) is 58.4 Å². The van der Waals surface area contributed by atoms with Crippen LogP contribution >= 0.6 is 0 Å². The zero-order valence-electron chi connectivity index (χ0n) is 23.8. The molecule has 40 heavy (non-hydrogen) atoms. The lowest BCUT2D eigenvalue weighted by Gasteiger charge is -2.23. The molecule has 216 valence electrons. The predicted molar refractivity (Wildman–Crippen MR) is 149 cm³/mol. The number of nitrogens with zero attached hydrogens (tertiary/aromatic N) is 1. The Kier molecular flexibility index (Phi) is 10.8. The summed E-state index contributed by atoms with van der Waals surface area (Å²) >= 11 is 0. The van der Waals surface area contributed by atoms with Crippen molar-refractivity contribution in [2.24, 2.45) is 5.10 Å². The van der Waals surface area contributed by atoms with E-state index >= 15 is 0 Å². The Morgan fingerprint density at radius 1 is 0.950 bits per heavy atom. The number of carbonyl (C=O) groups excluding carboxylic acids is 3. The van der Waals surface area contributed by atoms with Gasteiger partial charge >= 0.3 is 12.1 Å². The van der Waals surface area contributed by atoms with E-state index in [0.717, 1.165) is 0 Å². The Labute approximate surface area is 233 Å². The molecule has 0 saturated heterocycles. The maximum absolute atomic E-state index is 13.1. The second kappa shape index (κ2) is 13.6. The second-order valence-corrected chi connectivity index (χ2v) is 10.9. The second-order valence-electron chi connectivity index (χ2n) is 10.9. The number of carbonyl (C=O) groups is 4. The van der Waals surface area contributed by atoms with Gasteiger partial charge in [-0.05, 0) is 77.8 Å². The molecule has 11 nitrogen and oxygen atoms in total. The van der Waals surface area contributed by atoms with Crippen molar-refractivity contribution in [1.29, 1.82) is 0 Å². The molecule has 2 aromatic rings. The van der Waals surface area contributed by atoms with E-state index in [4.69, 9.17) is 14.2 Å². The van der Waals surface area contributed by atoms with E-state index in [0.29, 0.717) is 11.3 Å². The van der Waals surface area contributed by atoms with Crippen molar-refractivity contribution >= 4 is 30.0 Å². The fraction of sp³-hybridized carbons (Fsp3) is 0.414. The summed E-state index contributed by atoms with van der Waals surface area (Å²) in [5.74, 6) is -2.26. The number of aliphatic carboxylic acids is 1. The van der Waals surface area contributed by atoms with Crippen molar-refractivity contribution in [3.8, 4) is 11.5 Å². The van der Waals surface area contributed by atoms with Crippen LogP contribution in [0.2, 0.25) is 0 Å².